The van der Waals surface area contributed by atoms with Crippen LogP contribution < -0.4 is 10.2 Å². The van der Waals surface area contributed by atoms with Gasteiger partial charge in [-0.2, -0.15) is 4.31 Å². The second kappa shape index (κ2) is 9.16. The Bertz CT molecular complexity index is 980. The average Bonchev–Trinajstić information content (AvgIpc) is 2.80. The molecule has 0 spiro atoms. The fourth-order valence-electron chi connectivity index (χ4n) is 3.89. The van der Waals surface area contributed by atoms with Crippen molar-refractivity contribution in [3.8, 4) is 0 Å². The van der Waals surface area contributed by atoms with Crippen LogP contribution in [0, 0.1) is 0 Å². The highest BCUT2D eigenvalue weighted by Gasteiger charge is 2.26. The van der Waals surface area contributed by atoms with Crippen molar-refractivity contribution in [1.29, 1.82) is 0 Å². The Balaban J connectivity index is 1.48. The molecular formula is C22H27N3O4S. The van der Waals surface area contributed by atoms with Crippen LogP contribution in [0.5, 0.6) is 0 Å². The standard InChI is InChI=1S/C22H27N3O4S/c26-22(23-20-6-2-3-7-21(20)24-14-16-29-17-15-24)18-8-10-19(11-9-18)30(27,28)25-12-4-1-5-13-25/h2-3,6-11H,1,4-5,12-17H2,(H,23,26). The zero-order chi connectivity index (χ0) is 21.0. The molecule has 2 fully saturated rings. The predicted molar refractivity (Wildman–Crippen MR) is 116 cm³/mol. The Kier molecular flexibility index (Phi) is 6.36. The van der Waals surface area contributed by atoms with E-state index in [0.717, 1.165) is 43.7 Å². The number of carbonyl (C=O) groups excluding carboxylic acids is 1. The number of piperidine rings is 1. The number of nitrogens with one attached hydrogen (secondary N) is 1. The van der Waals surface area contributed by atoms with E-state index in [1.807, 2.05) is 24.3 Å². The summed E-state index contributed by atoms with van der Waals surface area (Å²) in [6.45, 7) is 3.99. The van der Waals surface area contributed by atoms with Crippen molar-refractivity contribution in [2.75, 3.05) is 49.6 Å². The first-order valence-corrected chi connectivity index (χ1v) is 11.8. The number of carbonyl (C=O) groups is 1. The summed E-state index contributed by atoms with van der Waals surface area (Å²) in [7, 11) is -3.50. The number of para-hydroxylation sites is 2. The number of rotatable bonds is 5. The summed E-state index contributed by atoms with van der Waals surface area (Å²) in [5.41, 5.74) is 2.11. The maximum Gasteiger partial charge on any atom is 0.255 e. The maximum absolute atomic E-state index is 12.8. The number of amides is 1. The molecule has 8 heteroatoms. The number of ether oxygens (including phenoxy) is 1. The molecule has 2 aromatic rings. The number of benzene rings is 2. The first-order valence-electron chi connectivity index (χ1n) is 10.4. The Morgan fingerprint density at radius 3 is 2.23 bits per heavy atom. The fourth-order valence-corrected chi connectivity index (χ4v) is 5.40. The van der Waals surface area contributed by atoms with Gasteiger partial charge in [0.1, 0.15) is 0 Å². The van der Waals surface area contributed by atoms with Crippen LogP contribution in [0.1, 0.15) is 29.6 Å². The first-order chi connectivity index (χ1) is 14.6. The van der Waals surface area contributed by atoms with Gasteiger partial charge < -0.3 is 15.0 Å². The van der Waals surface area contributed by atoms with Crippen molar-refractivity contribution in [1.82, 2.24) is 4.31 Å². The normalized spacial score (nSPS) is 18.2. The number of hydrogen-bond acceptors (Lipinski definition) is 5. The summed E-state index contributed by atoms with van der Waals surface area (Å²) in [5, 5.41) is 2.96. The molecule has 0 bridgehead atoms. The van der Waals surface area contributed by atoms with Crippen LogP contribution in [0.4, 0.5) is 11.4 Å². The van der Waals surface area contributed by atoms with E-state index in [0.29, 0.717) is 31.9 Å². The lowest BCUT2D eigenvalue weighted by Gasteiger charge is -2.30. The quantitative estimate of drug-likeness (QED) is 0.791. The second-order valence-corrected chi connectivity index (χ2v) is 9.50. The summed E-state index contributed by atoms with van der Waals surface area (Å²) in [6, 6.07) is 13.9. The third-order valence-corrected chi connectivity index (χ3v) is 7.49. The molecule has 0 unspecified atom stereocenters. The van der Waals surface area contributed by atoms with Gasteiger partial charge in [0, 0.05) is 31.7 Å². The van der Waals surface area contributed by atoms with Gasteiger partial charge >= 0.3 is 0 Å². The highest BCUT2D eigenvalue weighted by atomic mass is 32.2. The fraction of sp³-hybridized carbons (Fsp3) is 0.409. The molecule has 30 heavy (non-hydrogen) atoms. The minimum atomic E-state index is -3.50. The van der Waals surface area contributed by atoms with E-state index in [1.165, 1.54) is 16.4 Å². The lowest BCUT2D eigenvalue weighted by molar-refractivity contribution is 0.102. The van der Waals surface area contributed by atoms with Gasteiger partial charge in [0.2, 0.25) is 10.0 Å². The highest BCUT2D eigenvalue weighted by Crippen LogP contribution is 2.27. The van der Waals surface area contributed by atoms with E-state index in [9.17, 15) is 13.2 Å². The topological polar surface area (TPSA) is 79.0 Å². The van der Waals surface area contributed by atoms with Crippen LogP contribution in [-0.4, -0.2) is 58.0 Å². The predicted octanol–water partition coefficient (Wildman–Crippen LogP) is 2.95. The molecule has 1 N–H and O–H groups in total. The molecule has 1 amide bonds. The van der Waals surface area contributed by atoms with Crippen molar-refractivity contribution < 1.29 is 17.9 Å². The van der Waals surface area contributed by atoms with E-state index in [-0.39, 0.29) is 10.8 Å². The van der Waals surface area contributed by atoms with Gasteiger partial charge in [-0.1, -0.05) is 18.6 Å². The van der Waals surface area contributed by atoms with Crippen molar-refractivity contribution in [3.63, 3.8) is 0 Å². The van der Waals surface area contributed by atoms with Gasteiger partial charge in [-0.05, 0) is 49.2 Å². The summed E-state index contributed by atoms with van der Waals surface area (Å²) >= 11 is 0. The monoisotopic (exact) mass is 429 g/mol. The Morgan fingerprint density at radius 2 is 1.53 bits per heavy atom. The van der Waals surface area contributed by atoms with Crippen molar-refractivity contribution in [3.05, 3.63) is 54.1 Å². The van der Waals surface area contributed by atoms with Crippen LogP contribution in [0.2, 0.25) is 0 Å². The summed E-state index contributed by atoms with van der Waals surface area (Å²) in [4.78, 5) is 15.2. The molecular weight excluding hydrogens is 402 g/mol. The smallest absolute Gasteiger partial charge is 0.255 e. The molecule has 2 heterocycles. The zero-order valence-electron chi connectivity index (χ0n) is 16.9. The summed E-state index contributed by atoms with van der Waals surface area (Å²) in [5.74, 6) is -0.266. The third-order valence-electron chi connectivity index (χ3n) is 5.57. The molecule has 2 aliphatic heterocycles. The largest absolute Gasteiger partial charge is 0.378 e. The van der Waals surface area contributed by atoms with E-state index in [2.05, 4.69) is 10.2 Å². The van der Waals surface area contributed by atoms with Crippen LogP contribution >= 0.6 is 0 Å². The van der Waals surface area contributed by atoms with Crippen LogP contribution in [-0.2, 0) is 14.8 Å². The van der Waals surface area contributed by atoms with E-state index in [4.69, 9.17) is 4.74 Å². The number of morpholine rings is 1. The third kappa shape index (κ3) is 4.50. The molecule has 0 saturated carbocycles. The van der Waals surface area contributed by atoms with Crippen LogP contribution in [0.25, 0.3) is 0 Å². The zero-order valence-corrected chi connectivity index (χ0v) is 17.7. The van der Waals surface area contributed by atoms with Gasteiger partial charge in [-0.15, -0.1) is 0 Å². The number of anilines is 2. The Labute approximate surface area is 177 Å². The molecule has 0 aromatic heterocycles. The second-order valence-electron chi connectivity index (χ2n) is 7.56. The van der Waals surface area contributed by atoms with Gasteiger partial charge in [0.25, 0.3) is 5.91 Å². The molecule has 7 nitrogen and oxygen atoms in total. The highest BCUT2D eigenvalue weighted by molar-refractivity contribution is 7.89. The molecule has 160 valence electrons. The Hall–Kier alpha value is -2.42. The molecule has 0 atom stereocenters. The summed E-state index contributed by atoms with van der Waals surface area (Å²) < 4.78 is 32.5. The van der Waals surface area contributed by atoms with Gasteiger partial charge in [0.15, 0.2) is 0 Å². The van der Waals surface area contributed by atoms with Crippen molar-refractivity contribution in [2.45, 2.75) is 24.2 Å². The minimum absolute atomic E-state index is 0.231. The lowest BCUT2D eigenvalue weighted by atomic mass is 10.2. The summed E-state index contributed by atoms with van der Waals surface area (Å²) in [6.07, 6.45) is 2.85. The van der Waals surface area contributed by atoms with Crippen molar-refractivity contribution >= 4 is 27.3 Å². The number of nitrogens with zero attached hydrogens (tertiary/aromatic N) is 2. The van der Waals surface area contributed by atoms with Crippen LogP contribution in [0.3, 0.4) is 0 Å². The molecule has 2 aliphatic rings. The van der Waals surface area contributed by atoms with E-state index < -0.39 is 10.0 Å². The molecule has 2 aromatic carbocycles. The van der Waals surface area contributed by atoms with E-state index in [1.54, 1.807) is 12.1 Å². The minimum Gasteiger partial charge on any atom is -0.378 e. The Morgan fingerprint density at radius 1 is 0.867 bits per heavy atom. The SMILES string of the molecule is O=C(Nc1ccccc1N1CCOCC1)c1ccc(S(=O)(=O)N2CCCCC2)cc1. The number of hydrogen-bond donors (Lipinski definition) is 1. The first kappa shape index (κ1) is 20.8. The van der Waals surface area contributed by atoms with Gasteiger partial charge in [0.05, 0.1) is 29.5 Å². The molecule has 4 rings (SSSR count). The maximum atomic E-state index is 12.8. The lowest BCUT2D eigenvalue weighted by Crippen LogP contribution is -2.36. The van der Waals surface area contributed by atoms with E-state index >= 15 is 0 Å². The van der Waals surface area contributed by atoms with Gasteiger partial charge in [-0.3, -0.25) is 4.79 Å². The molecule has 0 radical (unpaired) electrons. The molecule has 2 saturated heterocycles. The number of sulfonamides is 1. The van der Waals surface area contributed by atoms with Crippen LogP contribution in [0.15, 0.2) is 53.4 Å². The van der Waals surface area contributed by atoms with Crippen molar-refractivity contribution in [2.24, 2.45) is 0 Å². The van der Waals surface area contributed by atoms with Gasteiger partial charge in [-0.25, -0.2) is 8.42 Å². The molecule has 0 aliphatic carbocycles. The average molecular weight is 430 g/mol.